The number of carbonyl (C=O) groups excluding carboxylic acids is 2. The van der Waals surface area contributed by atoms with Crippen molar-refractivity contribution >= 4 is 12.1 Å². The van der Waals surface area contributed by atoms with Crippen LogP contribution in [0.5, 0.6) is 5.75 Å². The van der Waals surface area contributed by atoms with Crippen molar-refractivity contribution in [1.29, 1.82) is 0 Å². The Kier molecular flexibility index (Phi) is 10.4. The number of carbonyl (C=O) groups is 2. The number of hydrogen-bond acceptors (Lipinski definition) is 5. The monoisotopic (exact) mass is 393 g/mol. The molecular formula is C22H35NO5. The summed E-state index contributed by atoms with van der Waals surface area (Å²) in [6.45, 7) is 7.80. The van der Waals surface area contributed by atoms with Crippen molar-refractivity contribution in [2.24, 2.45) is 0 Å². The van der Waals surface area contributed by atoms with Crippen LogP contribution in [0, 0.1) is 0 Å². The molecule has 0 aliphatic heterocycles. The van der Waals surface area contributed by atoms with Gasteiger partial charge in [-0.1, -0.05) is 51.2 Å². The van der Waals surface area contributed by atoms with E-state index < -0.39 is 23.7 Å². The molecular weight excluding hydrogens is 358 g/mol. The molecule has 2 N–H and O–H groups in total. The lowest BCUT2D eigenvalue weighted by Crippen LogP contribution is -2.45. The Morgan fingerprint density at radius 2 is 1.64 bits per heavy atom. The number of unbranched alkanes of at least 4 members (excludes halogenated alkanes) is 5. The number of nitrogens with one attached hydrogen (secondary N) is 1. The van der Waals surface area contributed by atoms with Gasteiger partial charge >= 0.3 is 12.1 Å². The topological polar surface area (TPSA) is 84.9 Å². The number of ether oxygens (including phenoxy) is 2. The summed E-state index contributed by atoms with van der Waals surface area (Å²) in [5.41, 5.74) is 0.144. The normalized spacial score (nSPS) is 12.3. The Morgan fingerprint density at radius 1 is 1.04 bits per heavy atom. The molecule has 1 atom stereocenters. The van der Waals surface area contributed by atoms with Gasteiger partial charge in [0.15, 0.2) is 0 Å². The van der Waals surface area contributed by atoms with Crippen LogP contribution >= 0.6 is 0 Å². The van der Waals surface area contributed by atoms with Crippen molar-refractivity contribution in [3.05, 3.63) is 29.8 Å². The number of amides is 1. The van der Waals surface area contributed by atoms with Crippen molar-refractivity contribution in [2.45, 2.75) is 84.3 Å². The molecule has 0 bridgehead atoms. The molecule has 6 nitrogen and oxygen atoms in total. The first-order valence-electron chi connectivity index (χ1n) is 10.2. The lowest BCUT2D eigenvalue weighted by Gasteiger charge is -2.23. The molecule has 1 aromatic rings. The average Bonchev–Trinajstić information content (AvgIpc) is 2.60. The highest BCUT2D eigenvalue weighted by Gasteiger charge is 2.25. The van der Waals surface area contributed by atoms with E-state index in [1.165, 1.54) is 19.3 Å². The summed E-state index contributed by atoms with van der Waals surface area (Å²) >= 11 is 0. The molecule has 0 aliphatic carbocycles. The largest absolute Gasteiger partial charge is 0.508 e. The minimum absolute atomic E-state index is 0.144. The quantitative estimate of drug-likeness (QED) is 0.419. The van der Waals surface area contributed by atoms with Gasteiger partial charge in [0.25, 0.3) is 0 Å². The molecule has 0 spiro atoms. The second-order valence-corrected chi connectivity index (χ2v) is 8.00. The number of esters is 1. The van der Waals surface area contributed by atoms with Gasteiger partial charge in [0.05, 0.1) is 6.61 Å². The van der Waals surface area contributed by atoms with Crippen LogP contribution in [0.3, 0.4) is 0 Å². The van der Waals surface area contributed by atoms with Gasteiger partial charge in [-0.05, 0) is 44.9 Å². The lowest BCUT2D eigenvalue weighted by molar-refractivity contribution is -0.146. The minimum atomic E-state index is -0.848. The molecule has 1 amide bonds. The SMILES string of the molecule is CCCCCCCCOC(=O)[C@H](Cc1ccc(O)cc1)NC(=O)OC(C)(C)C. The summed E-state index contributed by atoms with van der Waals surface area (Å²) in [5, 5.41) is 12.0. The molecule has 0 unspecified atom stereocenters. The summed E-state index contributed by atoms with van der Waals surface area (Å²) in [6.07, 6.45) is 6.20. The molecule has 158 valence electrons. The molecule has 0 saturated carbocycles. The smallest absolute Gasteiger partial charge is 0.408 e. The fourth-order valence-corrected chi connectivity index (χ4v) is 2.67. The Labute approximate surface area is 168 Å². The van der Waals surface area contributed by atoms with E-state index in [0.717, 1.165) is 24.8 Å². The van der Waals surface area contributed by atoms with E-state index in [0.29, 0.717) is 6.61 Å². The van der Waals surface area contributed by atoms with Gasteiger partial charge in [-0.15, -0.1) is 0 Å². The molecule has 0 fully saturated rings. The van der Waals surface area contributed by atoms with E-state index in [1.54, 1.807) is 45.0 Å². The third-order valence-electron chi connectivity index (χ3n) is 4.09. The van der Waals surface area contributed by atoms with Crippen LogP contribution in [-0.4, -0.2) is 35.4 Å². The predicted octanol–water partition coefficient (Wildman–Crippen LogP) is 4.73. The second-order valence-electron chi connectivity index (χ2n) is 8.00. The van der Waals surface area contributed by atoms with Crippen molar-refractivity contribution in [3.63, 3.8) is 0 Å². The van der Waals surface area contributed by atoms with E-state index in [4.69, 9.17) is 9.47 Å². The fourth-order valence-electron chi connectivity index (χ4n) is 2.67. The Bertz CT molecular complexity index is 592. The van der Waals surface area contributed by atoms with Crippen LogP contribution in [0.4, 0.5) is 4.79 Å². The van der Waals surface area contributed by atoms with Crippen LogP contribution in [0.15, 0.2) is 24.3 Å². The molecule has 0 saturated heterocycles. The molecule has 6 heteroatoms. The third kappa shape index (κ3) is 10.8. The number of hydrogen-bond donors (Lipinski definition) is 2. The van der Waals surface area contributed by atoms with Gasteiger partial charge in [-0.3, -0.25) is 0 Å². The van der Waals surface area contributed by atoms with Crippen LogP contribution in [0.1, 0.15) is 71.8 Å². The van der Waals surface area contributed by atoms with Crippen LogP contribution in [0.25, 0.3) is 0 Å². The third-order valence-corrected chi connectivity index (χ3v) is 4.09. The molecule has 1 rings (SSSR count). The van der Waals surface area contributed by atoms with Crippen molar-refractivity contribution < 1.29 is 24.2 Å². The maximum Gasteiger partial charge on any atom is 0.408 e. The summed E-state index contributed by atoms with van der Waals surface area (Å²) in [6, 6.07) is 5.66. The van der Waals surface area contributed by atoms with Gasteiger partial charge in [0.2, 0.25) is 0 Å². The number of phenolic OH excluding ortho intramolecular Hbond substituents is 1. The Morgan fingerprint density at radius 3 is 2.25 bits per heavy atom. The van der Waals surface area contributed by atoms with Crippen molar-refractivity contribution in [3.8, 4) is 5.75 Å². The summed E-state index contributed by atoms with van der Waals surface area (Å²) in [5.74, 6) is -0.335. The number of aromatic hydroxyl groups is 1. The van der Waals surface area contributed by atoms with Crippen LogP contribution in [0.2, 0.25) is 0 Å². The fraction of sp³-hybridized carbons (Fsp3) is 0.636. The first-order chi connectivity index (χ1) is 13.2. The van der Waals surface area contributed by atoms with Gasteiger partial charge < -0.3 is 19.9 Å². The van der Waals surface area contributed by atoms with Gasteiger partial charge in [-0.2, -0.15) is 0 Å². The Hall–Kier alpha value is -2.24. The summed E-state index contributed by atoms with van der Waals surface area (Å²) in [7, 11) is 0. The predicted molar refractivity (Wildman–Crippen MR) is 109 cm³/mol. The van der Waals surface area contributed by atoms with Crippen molar-refractivity contribution in [2.75, 3.05) is 6.61 Å². The number of benzene rings is 1. The van der Waals surface area contributed by atoms with E-state index in [9.17, 15) is 14.7 Å². The number of phenols is 1. The standard InChI is InChI=1S/C22H35NO5/c1-5-6-7-8-9-10-15-27-20(25)19(23-21(26)28-22(2,3)4)16-17-11-13-18(24)14-12-17/h11-14,19,24H,5-10,15-16H2,1-4H3,(H,23,26)/t19-/m0/s1. The van der Waals surface area contributed by atoms with Crippen molar-refractivity contribution in [1.82, 2.24) is 5.32 Å². The van der Waals surface area contributed by atoms with Crippen LogP contribution < -0.4 is 5.32 Å². The maximum atomic E-state index is 12.5. The van der Waals surface area contributed by atoms with Gasteiger partial charge in [0.1, 0.15) is 17.4 Å². The summed E-state index contributed by atoms with van der Waals surface area (Å²) in [4.78, 5) is 24.6. The average molecular weight is 394 g/mol. The number of rotatable bonds is 11. The lowest BCUT2D eigenvalue weighted by atomic mass is 10.1. The molecule has 0 aromatic heterocycles. The molecule has 1 aromatic carbocycles. The minimum Gasteiger partial charge on any atom is -0.508 e. The highest BCUT2D eigenvalue weighted by molar-refractivity contribution is 5.81. The zero-order valence-corrected chi connectivity index (χ0v) is 17.6. The summed E-state index contributed by atoms with van der Waals surface area (Å²) < 4.78 is 10.6. The maximum absolute atomic E-state index is 12.5. The first kappa shape index (κ1) is 23.8. The molecule has 0 radical (unpaired) electrons. The zero-order chi connectivity index (χ0) is 21.0. The second kappa shape index (κ2) is 12.3. The zero-order valence-electron chi connectivity index (χ0n) is 17.6. The molecule has 28 heavy (non-hydrogen) atoms. The number of alkyl carbamates (subject to hydrolysis) is 1. The van der Waals surface area contributed by atoms with Gasteiger partial charge in [-0.25, -0.2) is 9.59 Å². The molecule has 0 aliphatic rings. The first-order valence-corrected chi connectivity index (χ1v) is 10.2. The van der Waals surface area contributed by atoms with Gasteiger partial charge in [0, 0.05) is 6.42 Å². The highest BCUT2D eigenvalue weighted by Crippen LogP contribution is 2.13. The van der Waals surface area contributed by atoms with E-state index in [1.807, 2.05) is 0 Å². The van der Waals surface area contributed by atoms with E-state index in [-0.39, 0.29) is 12.2 Å². The van der Waals surface area contributed by atoms with E-state index >= 15 is 0 Å². The highest BCUT2D eigenvalue weighted by atomic mass is 16.6. The van der Waals surface area contributed by atoms with Crippen LogP contribution in [-0.2, 0) is 20.7 Å². The molecule has 0 heterocycles. The van der Waals surface area contributed by atoms with E-state index in [2.05, 4.69) is 12.2 Å². The Balaban J connectivity index is 2.59.